The van der Waals surface area contributed by atoms with Crippen molar-refractivity contribution in [3.63, 3.8) is 0 Å². The molecule has 0 aliphatic rings. The number of benzene rings is 3. The summed E-state index contributed by atoms with van der Waals surface area (Å²) in [4.78, 5) is 12.5. The Morgan fingerprint density at radius 1 is 0.906 bits per heavy atom. The van der Waals surface area contributed by atoms with Gasteiger partial charge in [-0.3, -0.25) is 9.10 Å². The fraction of sp³-hybridized carbons (Fsp3) is 0.240. The highest BCUT2D eigenvalue weighted by atomic mass is 32.2. The van der Waals surface area contributed by atoms with Gasteiger partial charge in [-0.25, -0.2) is 8.42 Å². The Morgan fingerprint density at radius 2 is 1.50 bits per heavy atom. The van der Waals surface area contributed by atoms with Crippen molar-refractivity contribution in [1.29, 1.82) is 0 Å². The van der Waals surface area contributed by atoms with Gasteiger partial charge in [-0.2, -0.15) is 0 Å². The molecule has 0 aliphatic carbocycles. The van der Waals surface area contributed by atoms with Gasteiger partial charge in [-0.05, 0) is 53.4 Å². The molecule has 1 amide bonds. The maximum atomic E-state index is 12.9. The van der Waals surface area contributed by atoms with Crippen LogP contribution >= 0.6 is 0 Å². The Hall–Kier alpha value is -3.32. The summed E-state index contributed by atoms with van der Waals surface area (Å²) < 4.78 is 32.7. The summed E-state index contributed by atoms with van der Waals surface area (Å²) in [6, 6.07) is 22.5. The van der Waals surface area contributed by atoms with Crippen molar-refractivity contribution < 1.29 is 17.9 Å². The molecule has 0 bridgehead atoms. The van der Waals surface area contributed by atoms with E-state index < -0.39 is 10.0 Å². The van der Waals surface area contributed by atoms with Crippen LogP contribution in [0.2, 0.25) is 0 Å². The fourth-order valence-electron chi connectivity index (χ4n) is 3.20. The molecule has 0 fully saturated rings. The zero-order valence-corrected chi connectivity index (χ0v) is 19.5. The Balaban J connectivity index is 1.64. The van der Waals surface area contributed by atoms with Crippen LogP contribution in [-0.2, 0) is 20.2 Å². The van der Waals surface area contributed by atoms with Gasteiger partial charge in [0.25, 0.3) is 15.9 Å². The van der Waals surface area contributed by atoms with Gasteiger partial charge in [-0.1, -0.05) is 57.2 Å². The normalized spacial score (nSPS) is 11.6. The molecule has 0 heterocycles. The number of sulfonamides is 1. The minimum atomic E-state index is -3.71. The van der Waals surface area contributed by atoms with Gasteiger partial charge >= 0.3 is 0 Å². The number of carbonyl (C=O) groups excluding carboxylic acids is 1. The Kier molecular flexibility index (Phi) is 6.89. The number of hydrogen-bond donors (Lipinski definition) is 1. The molecule has 0 aromatic heterocycles. The summed E-state index contributed by atoms with van der Waals surface area (Å²) in [5.41, 5.74) is 1.97. The zero-order valence-electron chi connectivity index (χ0n) is 18.7. The van der Waals surface area contributed by atoms with Crippen LogP contribution < -0.4 is 14.4 Å². The van der Waals surface area contributed by atoms with Crippen molar-refractivity contribution >= 4 is 27.3 Å². The minimum Gasteiger partial charge on any atom is -0.483 e. The number of nitrogens with zero attached hydrogens (tertiary/aromatic N) is 1. The van der Waals surface area contributed by atoms with E-state index in [4.69, 9.17) is 4.74 Å². The third-order valence-electron chi connectivity index (χ3n) is 4.97. The van der Waals surface area contributed by atoms with Crippen LogP contribution in [0.4, 0.5) is 11.4 Å². The van der Waals surface area contributed by atoms with Crippen LogP contribution in [-0.4, -0.2) is 28.0 Å². The first kappa shape index (κ1) is 23.3. The van der Waals surface area contributed by atoms with E-state index in [0.29, 0.717) is 17.1 Å². The molecule has 3 rings (SSSR count). The molecule has 1 N–H and O–H groups in total. The summed E-state index contributed by atoms with van der Waals surface area (Å²) >= 11 is 0. The maximum Gasteiger partial charge on any atom is 0.264 e. The van der Waals surface area contributed by atoms with Crippen LogP contribution in [0.1, 0.15) is 26.3 Å². The molecule has 0 radical (unpaired) electrons. The minimum absolute atomic E-state index is 0.110. The number of nitrogens with one attached hydrogen (secondary N) is 1. The van der Waals surface area contributed by atoms with Gasteiger partial charge in [0.2, 0.25) is 0 Å². The van der Waals surface area contributed by atoms with Gasteiger partial charge in [-0.15, -0.1) is 0 Å². The molecule has 168 valence electrons. The Labute approximate surface area is 189 Å². The van der Waals surface area contributed by atoms with Gasteiger partial charge in [0.1, 0.15) is 5.75 Å². The van der Waals surface area contributed by atoms with Crippen molar-refractivity contribution in [2.24, 2.45) is 0 Å². The van der Waals surface area contributed by atoms with Gasteiger partial charge in [0, 0.05) is 12.7 Å². The molecule has 3 aromatic carbocycles. The lowest BCUT2D eigenvalue weighted by Gasteiger charge is -2.22. The van der Waals surface area contributed by atoms with Crippen LogP contribution in [0.15, 0.2) is 83.8 Å². The molecule has 0 saturated carbocycles. The number of para-hydroxylation sites is 2. The lowest BCUT2D eigenvalue weighted by molar-refractivity contribution is -0.118. The first-order valence-corrected chi connectivity index (χ1v) is 11.7. The first-order valence-electron chi connectivity index (χ1n) is 10.3. The third kappa shape index (κ3) is 5.48. The molecule has 0 spiro atoms. The molecule has 7 heteroatoms. The predicted octanol–water partition coefficient (Wildman–Crippen LogP) is 4.83. The summed E-state index contributed by atoms with van der Waals surface area (Å²) in [5, 5.41) is 2.74. The quantitative estimate of drug-likeness (QED) is 0.557. The second-order valence-corrected chi connectivity index (χ2v) is 10.4. The summed E-state index contributed by atoms with van der Waals surface area (Å²) in [7, 11) is -2.20. The van der Waals surface area contributed by atoms with Crippen LogP contribution in [0.3, 0.4) is 0 Å². The average Bonchev–Trinajstić information content (AvgIpc) is 2.77. The topological polar surface area (TPSA) is 75.7 Å². The number of amides is 1. The SMILES string of the molecule is CN(c1ccccc1)S(=O)(=O)c1ccc(NC(=O)COc2ccccc2C(C)(C)C)cc1. The average molecular weight is 453 g/mol. The number of anilines is 2. The number of ether oxygens (including phenoxy) is 1. The van der Waals surface area contributed by atoms with E-state index in [9.17, 15) is 13.2 Å². The second kappa shape index (κ2) is 9.44. The molecular weight excluding hydrogens is 424 g/mol. The van der Waals surface area contributed by atoms with Crippen molar-refractivity contribution in [3.05, 3.63) is 84.4 Å². The summed E-state index contributed by atoms with van der Waals surface area (Å²) in [6.07, 6.45) is 0. The summed E-state index contributed by atoms with van der Waals surface area (Å²) in [5.74, 6) is 0.339. The van der Waals surface area contributed by atoms with E-state index in [-0.39, 0.29) is 22.8 Å². The van der Waals surface area contributed by atoms with Crippen molar-refractivity contribution in [3.8, 4) is 5.75 Å². The molecule has 0 aliphatic heterocycles. The smallest absolute Gasteiger partial charge is 0.264 e. The molecule has 3 aromatic rings. The standard InChI is InChI=1S/C25H28N2O4S/c1-25(2,3)22-12-8-9-13-23(22)31-18-24(28)26-19-14-16-21(17-15-19)32(29,30)27(4)20-10-6-5-7-11-20/h5-17H,18H2,1-4H3,(H,26,28). The maximum absolute atomic E-state index is 12.9. The van der Waals surface area contributed by atoms with Crippen LogP contribution in [0.5, 0.6) is 5.75 Å². The highest BCUT2D eigenvalue weighted by Crippen LogP contribution is 2.31. The Bertz CT molecular complexity index is 1170. The van der Waals surface area contributed by atoms with E-state index in [1.54, 1.807) is 36.4 Å². The van der Waals surface area contributed by atoms with Crippen LogP contribution in [0.25, 0.3) is 0 Å². The monoisotopic (exact) mass is 452 g/mol. The molecule has 0 unspecified atom stereocenters. The van der Waals surface area contributed by atoms with E-state index in [2.05, 4.69) is 26.1 Å². The van der Waals surface area contributed by atoms with Gasteiger partial charge < -0.3 is 10.1 Å². The molecular formula is C25H28N2O4S. The largest absolute Gasteiger partial charge is 0.483 e. The van der Waals surface area contributed by atoms with E-state index in [1.807, 2.05) is 30.3 Å². The first-order chi connectivity index (χ1) is 15.1. The number of hydrogen-bond acceptors (Lipinski definition) is 4. The lowest BCUT2D eigenvalue weighted by atomic mass is 9.86. The van der Waals surface area contributed by atoms with Crippen LogP contribution in [0, 0.1) is 0 Å². The molecule has 0 saturated heterocycles. The van der Waals surface area contributed by atoms with Gasteiger partial charge in [0.15, 0.2) is 6.61 Å². The zero-order chi connectivity index (χ0) is 23.4. The number of carbonyl (C=O) groups is 1. The highest BCUT2D eigenvalue weighted by Gasteiger charge is 2.21. The Morgan fingerprint density at radius 3 is 2.12 bits per heavy atom. The van der Waals surface area contributed by atoms with Crippen molar-refractivity contribution in [2.45, 2.75) is 31.1 Å². The molecule has 0 atom stereocenters. The van der Waals surface area contributed by atoms with E-state index in [1.165, 1.54) is 23.5 Å². The van der Waals surface area contributed by atoms with E-state index in [0.717, 1.165) is 5.56 Å². The van der Waals surface area contributed by atoms with Gasteiger partial charge in [0.05, 0.1) is 10.6 Å². The molecule has 6 nitrogen and oxygen atoms in total. The van der Waals surface area contributed by atoms with E-state index >= 15 is 0 Å². The summed E-state index contributed by atoms with van der Waals surface area (Å²) in [6.45, 7) is 6.10. The fourth-order valence-corrected chi connectivity index (χ4v) is 4.39. The number of rotatable bonds is 7. The highest BCUT2D eigenvalue weighted by molar-refractivity contribution is 7.92. The lowest BCUT2D eigenvalue weighted by Crippen LogP contribution is -2.26. The van der Waals surface area contributed by atoms with Crippen molar-refractivity contribution in [1.82, 2.24) is 0 Å². The third-order valence-corrected chi connectivity index (χ3v) is 6.77. The van der Waals surface area contributed by atoms with Crippen molar-refractivity contribution in [2.75, 3.05) is 23.3 Å². The predicted molar refractivity (Wildman–Crippen MR) is 128 cm³/mol. The second-order valence-electron chi connectivity index (χ2n) is 8.42. The molecule has 32 heavy (non-hydrogen) atoms.